The minimum Gasteiger partial charge on any atom is -0.309 e. The lowest BCUT2D eigenvalue weighted by Gasteiger charge is -2.07. The van der Waals surface area contributed by atoms with Crippen LogP contribution < -0.4 is 0 Å². The van der Waals surface area contributed by atoms with Gasteiger partial charge < -0.3 is 4.57 Å². The van der Waals surface area contributed by atoms with E-state index in [1.54, 1.807) is 0 Å². The van der Waals surface area contributed by atoms with Crippen LogP contribution in [0, 0.1) is 0 Å². The predicted molar refractivity (Wildman–Crippen MR) is 103 cm³/mol. The molecule has 2 heteroatoms. The molecule has 24 heavy (non-hydrogen) atoms. The highest BCUT2D eigenvalue weighted by molar-refractivity contribution is 6.39. The van der Waals surface area contributed by atoms with Crippen LogP contribution in [-0.2, 0) is 0 Å². The minimum atomic E-state index is 0.795. The smallest absolute Gasteiger partial charge is 0.0556 e. The van der Waals surface area contributed by atoms with Gasteiger partial charge >= 0.3 is 0 Å². The molecule has 0 aliphatic heterocycles. The summed E-state index contributed by atoms with van der Waals surface area (Å²) in [4.78, 5) is 0. The molecule has 0 fully saturated rings. The molecule has 4 aromatic carbocycles. The fraction of sp³-hybridized carbons (Fsp3) is 0. The van der Waals surface area contributed by atoms with E-state index in [-0.39, 0.29) is 0 Å². The lowest BCUT2D eigenvalue weighted by Crippen LogP contribution is -1.92. The van der Waals surface area contributed by atoms with E-state index in [1.165, 1.54) is 21.7 Å². The molecule has 0 unspecified atom stereocenters. The Bertz CT molecular complexity index is 1200. The van der Waals surface area contributed by atoms with Gasteiger partial charge in [0.05, 0.1) is 16.1 Å². The van der Waals surface area contributed by atoms with Gasteiger partial charge in [-0.25, -0.2) is 0 Å². The third-order valence-electron chi connectivity index (χ3n) is 4.64. The lowest BCUT2D eigenvalue weighted by molar-refractivity contribution is 1.18. The molecule has 0 saturated carbocycles. The van der Waals surface area contributed by atoms with Gasteiger partial charge in [0.2, 0.25) is 0 Å². The van der Waals surface area contributed by atoms with E-state index in [0.29, 0.717) is 0 Å². The van der Waals surface area contributed by atoms with Crippen molar-refractivity contribution in [2.75, 3.05) is 0 Å². The van der Waals surface area contributed by atoms with Crippen molar-refractivity contribution in [1.29, 1.82) is 0 Å². The van der Waals surface area contributed by atoms with Gasteiger partial charge in [-0.05, 0) is 41.1 Å². The first-order chi connectivity index (χ1) is 11.8. The van der Waals surface area contributed by atoms with E-state index < -0.39 is 0 Å². The number of fused-ring (bicyclic) bond motifs is 5. The maximum atomic E-state index is 6.62. The van der Waals surface area contributed by atoms with Gasteiger partial charge in [-0.1, -0.05) is 66.2 Å². The van der Waals surface area contributed by atoms with Crippen molar-refractivity contribution in [1.82, 2.24) is 4.57 Å². The fourth-order valence-electron chi connectivity index (χ4n) is 3.64. The van der Waals surface area contributed by atoms with E-state index in [1.807, 2.05) is 18.2 Å². The normalized spacial score (nSPS) is 11.5. The summed E-state index contributed by atoms with van der Waals surface area (Å²) in [6.07, 6.45) is 0. The van der Waals surface area contributed by atoms with Gasteiger partial charge in [-0.3, -0.25) is 0 Å². The zero-order valence-electron chi connectivity index (χ0n) is 12.9. The second kappa shape index (κ2) is 5.12. The van der Waals surface area contributed by atoms with Crippen LogP contribution in [0.4, 0.5) is 0 Å². The Morgan fingerprint density at radius 2 is 1.33 bits per heavy atom. The van der Waals surface area contributed by atoms with Gasteiger partial charge in [0.15, 0.2) is 0 Å². The molecule has 0 N–H and O–H groups in total. The molecule has 1 nitrogen and oxygen atoms in total. The zero-order valence-corrected chi connectivity index (χ0v) is 13.7. The van der Waals surface area contributed by atoms with Gasteiger partial charge in [0.25, 0.3) is 0 Å². The number of hydrogen-bond donors (Lipinski definition) is 0. The van der Waals surface area contributed by atoms with Crippen LogP contribution >= 0.6 is 11.6 Å². The Hall–Kier alpha value is -2.77. The van der Waals surface area contributed by atoms with Crippen LogP contribution in [0.1, 0.15) is 0 Å². The Balaban J connectivity index is 2.10. The summed E-state index contributed by atoms with van der Waals surface area (Å²) in [5.74, 6) is 0. The summed E-state index contributed by atoms with van der Waals surface area (Å²) in [6.45, 7) is 0. The Labute approximate surface area is 144 Å². The number of rotatable bonds is 1. The van der Waals surface area contributed by atoms with Crippen molar-refractivity contribution in [3.05, 3.63) is 90.0 Å². The Morgan fingerprint density at radius 3 is 2.21 bits per heavy atom. The molecule has 0 spiro atoms. The minimum absolute atomic E-state index is 0.795. The quantitative estimate of drug-likeness (QED) is 0.327. The molecule has 5 rings (SSSR count). The number of hydrogen-bond acceptors (Lipinski definition) is 0. The molecule has 0 bridgehead atoms. The standard InChI is InChI=1S/C22H14ClN/c23-18-11-6-12-19-22(18)21-17-10-5-4-7-15(17)13-14-20(21)24(19)16-8-2-1-3-9-16/h1-14H. The molecule has 0 saturated heterocycles. The molecular weight excluding hydrogens is 314 g/mol. The summed E-state index contributed by atoms with van der Waals surface area (Å²) in [5, 5.41) is 5.61. The van der Waals surface area contributed by atoms with Crippen molar-refractivity contribution in [3.8, 4) is 5.69 Å². The molecule has 1 aromatic heterocycles. The van der Waals surface area contributed by atoms with Crippen LogP contribution in [0.15, 0.2) is 84.9 Å². The van der Waals surface area contributed by atoms with E-state index in [2.05, 4.69) is 71.3 Å². The first-order valence-corrected chi connectivity index (χ1v) is 8.38. The first kappa shape index (κ1) is 13.6. The number of aromatic nitrogens is 1. The number of para-hydroxylation sites is 1. The number of nitrogens with zero attached hydrogens (tertiary/aromatic N) is 1. The molecule has 0 atom stereocenters. The van der Waals surface area contributed by atoms with E-state index in [9.17, 15) is 0 Å². The molecule has 0 aliphatic carbocycles. The summed E-state index contributed by atoms with van der Waals surface area (Å²) >= 11 is 6.62. The van der Waals surface area contributed by atoms with E-state index in [0.717, 1.165) is 21.6 Å². The number of benzene rings is 4. The van der Waals surface area contributed by atoms with Gasteiger partial charge in [-0.2, -0.15) is 0 Å². The van der Waals surface area contributed by atoms with Gasteiger partial charge in [-0.15, -0.1) is 0 Å². The van der Waals surface area contributed by atoms with Gasteiger partial charge in [0.1, 0.15) is 0 Å². The van der Waals surface area contributed by atoms with Crippen LogP contribution in [0.3, 0.4) is 0 Å². The average Bonchev–Trinajstić information content (AvgIpc) is 2.98. The maximum Gasteiger partial charge on any atom is 0.0556 e. The van der Waals surface area contributed by atoms with Gasteiger partial charge in [0, 0.05) is 16.5 Å². The SMILES string of the molecule is Clc1cccc2c1c1c3ccccc3ccc1n2-c1ccccc1. The zero-order chi connectivity index (χ0) is 16.1. The van der Waals surface area contributed by atoms with Crippen LogP contribution in [0.5, 0.6) is 0 Å². The summed E-state index contributed by atoms with van der Waals surface area (Å²) in [7, 11) is 0. The van der Waals surface area contributed by atoms with Crippen molar-refractivity contribution in [2.24, 2.45) is 0 Å². The Kier molecular flexibility index (Phi) is 2.91. The monoisotopic (exact) mass is 327 g/mol. The van der Waals surface area contributed by atoms with E-state index >= 15 is 0 Å². The highest BCUT2D eigenvalue weighted by Crippen LogP contribution is 2.39. The van der Waals surface area contributed by atoms with Crippen molar-refractivity contribution in [3.63, 3.8) is 0 Å². The molecule has 114 valence electrons. The molecule has 0 aliphatic rings. The molecule has 1 heterocycles. The number of halogens is 1. The van der Waals surface area contributed by atoms with Crippen molar-refractivity contribution < 1.29 is 0 Å². The summed E-state index contributed by atoms with van der Waals surface area (Å²) in [5.41, 5.74) is 3.47. The van der Waals surface area contributed by atoms with Crippen molar-refractivity contribution >= 4 is 44.2 Å². The maximum absolute atomic E-state index is 6.62. The fourth-order valence-corrected chi connectivity index (χ4v) is 3.90. The second-order valence-corrected chi connectivity index (χ2v) is 6.39. The Morgan fingerprint density at radius 1 is 0.583 bits per heavy atom. The van der Waals surface area contributed by atoms with Crippen LogP contribution in [0.25, 0.3) is 38.3 Å². The van der Waals surface area contributed by atoms with Crippen molar-refractivity contribution in [2.45, 2.75) is 0 Å². The predicted octanol–water partition coefficient (Wildman–Crippen LogP) is 6.59. The second-order valence-electron chi connectivity index (χ2n) is 5.99. The first-order valence-electron chi connectivity index (χ1n) is 8.00. The highest BCUT2D eigenvalue weighted by atomic mass is 35.5. The lowest BCUT2D eigenvalue weighted by atomic mass is 10.0. The largest absolute Gasteiger partial charge is 0.309 e. The molecular formula is C22H14ClN. The molecule has 0 amide bonds. The third kappa shape index (κ3) is 1.82. The molecule has 5 aromatic rings. The summed E-state index contributed by atoms with van der Waals surface area (Å²) < 4.78 is 2.29. The topological polar surface area (TPSA) is 4.93 Å². The molecule has 0 radical (unpaired) electrons. The third-order valence-corrected chi connectivity index (χ3v) is 4.96. The highest BCUT2D eigenvalue weighted by Gasteiger charge is 2.16. The summed E-state index contributed by atoms with van der Waals surface area (Å²) in [6, 6.07) is 29.4. The van der Waals surface area contributed by atoms with Crippen LogP contribution in [0.2, 0.25) is 5.02 Å². The van der Waals surface area contributed by atoms with Crippen LogP contribution in [-0.4, -0.2) is 4.57 Å². The average molecular weight is 328 g/mol. The van der Waals surface area contributed by atoms with E-state index in [4.69, 9.17) is 11.6 Å².